The van der Waals surface area contributed by atoms with Crippen LogP contribution in [0.2, 0.25) is 0 Å². The maximum absolute atomic E-state index is 13.6. The van der Waals surface area contributed by atoms with Gasteiger partial charge in [-0.3, -0.25) is 10.1 Å². The van der Waals surface area contributed by atoms with Gasteiger partial charge >= 0.3 is 0 Å². The lowest BCUT2D eigenvalue weighted by atomic mass is 10.3. The predicted octanol–water partition coefficient (Wildman–Crippen LogP) is 2.01. The van der Waals surface area contributed by atoms with Crippen molar-refractivity contribution in [2.45, 2.75) is 10.1 Å². The SMILES string of the molecule is Cn1cnnc1Sc1ccc([N+](=O)[O-])cc1F. The molecule has 0 radical (unpaired) electrons. The molecular weight excluding hydrogens is 247 g/mol. The number of non-ortho nitro benzene ring substituents is 1. The number of halogens is 1. The highest BCUT2D eigenvalue weighted by atomic mass is 32.2. The normalized spacial score (nSPS) is 10.5. The summed E-state index contributed by atoms with van der Waals surface area (Å²) in [7, 11) is 1.73. The smallest absolute Gasteiger partial charge is 0.272 e. The van der Waals surface area contributed by atoms with E-state index in [0.29, 0.717) is 5.16 Å². The summed E-state index contributed by atoms with van der Waals surface area (Å²) in [5, 5.41) is 18.4. The minimum Gasteiger partial charge on any atom is -0.311 e. The largest absolute Gasteiger partial charge is 0.311 e. The van der Waals surface area contributed by atoms with Crippen LogP contribution in [0.25, 0.3) is 0 Å². The fraction of sp³-hybridized carbons (Fsp3) is 0.111. The van der Waals surface area contributed by atoms with Crippen LogP contribution in [0.15, 0.2) is 34.6 Å². The molecule has 0 saturated heterocycles. The zero-order chi connectivity index (χ0) is 12.4. The summed E-state index contributed by atoms with van der Waals surface area (Å²) in [6.07, 6.45) is 1.49. The van der Waals surface area contributed by atoms with Crippen LogP contribution in [0.5, 0.6) is 0 Å². The third-order valence-electron chi connectivity index (χ3n) is 2.00. The molecule has 0 aliphatic carbocycles. The van der Waals surface area contributed by atoms with Crippen molar-refractivity contribution in [3.63, 3.8) is 0 Å². The molecule has 0 fully saturated rings. The molecule has 0 saturated carbocycles. The Hall–Kier alpha value is -1.96. The zero-order valence-corrected chi connectivity index (χ0v) is 9.52. The molecule has 0 amide bonds. The van der Waals surface area contributed by atoms with E-state index in [1.54, 1.807) is 11.6 Å². The van der Waals surface area contributed by atoms with E-state index in [1.807, 2.05) is 0 Å². The van der Waals surface area contributed by atoms with E-state index in [2.05, 4.69) is 10.2 Å². The summed E-state index contributed by atoms with van der Waals surface area (Å²) in [6, 6.07) is 3.49. The average Bonchev–Trinajstić information content (AvgIpc) is 2.67. The van der Waals surface area contributed by atoms with Crippen molar-refractivity contribution in [3.8, 4) is 0 Å². The highest BCUT2D eigenvalue weighted by Gasteiger charge is 2.13. The van der Waals surface area contributed by atoms with Crippen LogP contribution < -0.4 is 0 Å². The Morgan fingerprint density at radius 1 is 1.53 bits per heavy atom. The number of nitro groups is 1. The first-order valence-electron chi connectivity index (χ1n) is 4.53. The van der Waals surface area contributed by atoms with Gasteiger partial charge in [0.25, 0.3) is 5.69 Å². The molecule has 6 nitrogen and oxygen atoms in total. The second-order valence-corrected chi connectivity index (χ2v) is 4.21. The van der Waals surface area contributed by atoms with Gasteiger partial charge in [-0.15, -0.1) is 10.2 Å². The van der Waals surface area contributed by atoms with Crippen molar-refractivity contribution in [3.05, 3.63) is 40.5 Å². The second kappa shape index (κ2) is 4.50. The summed E-state index contributed by atoms with van der Waals surface area (Å²) in [5.41, 5.74) is -0.273. The van der Waals surface area contributed by atoms with E-state index in [4.69, 9.17) is 0 Å². The summed E-state index contributed by atoms with van der Waals surface area (Å²) in [6.45, 7) is 0. The molecule has 0 bridgehead atoms. The third kappa shape index (κ3) is 2.41. The molecule has 0 aliphatic rings. The van der Waals surface area contributed by atoms with Crippen LogP contribution in [0.1, 0.15) is 0 Å². The van der Waals surface area contributed by atoms with Gasteiger partial charge in [-0.2, -0.15) is 0 Å². The van der Waals surface area contributed by atoms with Gasteiger partial charge in [-0.05, 0) is 17.8 Å². The van der Waals surface area contributed by atoms with Gasteiger partial charge in [0.2, 0.25) is 0 Å². The van der Waals surface area contributed by atoms with Crippen molar-refractivity contribution in [1.82, 2.24) is 14.8 Å². The van der Waals surface area contributed by atoms with Gasteiger partial charge in [0.1, 0.15) is 12.1 Å². The van der Waals surface area contributed by atoms with Crippen molar-refractivity contribution >= 4 is 17.4 Å². The Kier molecular flexibility index (Phi) is 3.05. The van der Waals surface area contributed by atoms with E-state index < -0.39 is 10.7 Å². The molecule has 2 aromatic rings. The van der Waals surface area contributed by atoms with Gasteiger partial charge in [-0.1, -0.05) is 0 Å². The number of hydrogen-bond donors (Lipinski definition) is 0. The highest BCUT2D eigenvalue weighted by molar-refractivity contribution is 7.99. The summed E-state index contributed by atoms with van der Waals surface area (Å²) >= 11 is 1.06. The maximum Gasteiger partial charge on any atom is 0.272 e. The standard InChI is InChI=1S/C9H7FN4O2S/c1-13-5-11-12-9(13)17-8-3-2-6(14(15)16)4-7(8)10/h2-5H,1H3. The van der Waals surface area contributed by atoms with E-state index in [0.717, 1.165) is 17.8 Å². The Bertz CT molecular complexity index is 572. The molecule has 17 heavy (non-hydrogen) atoms. The average molecular weight is 254 g/mol. The quantitative estimate of drug-likeness (QED) is 0.618. The first-order chi connectivity index (χ1) is 8.08. The molecule has 0 atom stereocenters. The van der Waals surface area contributed by atoms with E-state index in [1.165, 1.54) is 18.5 Å². The van der Waals surface area contributed by atoms with Crippen molar-refractivity contribution in [2.24, 2.45) is 7.05 Å². The van der Waals surface area contributed by atoms with Crippen LogP contribution in [0, 0.1) is 15.9 Å². The van der Waals surface area contributed by atoms with Crippen LogP contribution in [0.3, 0.4) is 0 Å². The first-order valence-corrected chi connectivity index (χ1v) is 5.35. The lowest BCUT2D eigenvalue weighted by Gasteiger charge is -2.01. The Morgan fingerprint density at radius 2 is 2.29 bits per heavy atom. The van der Waals surface area contributed by atoms with Crippen molar-refractivity contribution < 1.29 is 9.31 Å². The molecule has 2 rings (SSSR count). The number of nitrogens with zero attached hydrogens (tertiary/aromatic N) is 4. The number of aryl methyl sites for hydroxylation is 1. The molecule has 1 aromatic carbocycles. The fourth-order valence-electron chi connectivity index (χ4n) is 1.15. The topological polar surface area (TPSA) is 73.8 Å². The Balaban J connectivity index is 2.29. The summed E-state index contributed by atoms with van der Waals surface area (Å²) in [4.78, 5) is 10.1. The van der Waals surface area contributed by atoms with E-state index in [-0.39, 0.29) is 10.6 Å². The van der Waals surface area contributed by atoms with Crippen LogP contribution in [-0.2, 0) is 7.05 Å². The molecule has 0 aliphatic heterocycles. The van der Waals surface area contributed by atoms with Gasteiger partial charge in [-0.25, -0.2) is 4.39 Å². The molecule has 0 N–H and O–H groups in total. The number of nitro benzene ring substituents is 1. The molecular formula is C9H7FN4O2S. The Labute approximate surface area is 99.6 Å². The number of hydrogen-bond acceptors (Lipinski definition) is 5. The van der Waals surface area contributed by atoms with Crippen LogP contribution in [0.4, 0.5) is 10.1 Å². The lowest BCUT2D eigenvalue weighted by Crippen LogP contribution is -1.92. The second-order valence-electron chi connectivity index (χ2n) is 3.20. The summed E-state index contributed by atoms with van der Waals surface area (Å²) in [5.74, 6) is -0.646. The van der Waals surface area contributed by atoms with Crippen LogP contribution in [-0.4, -0.2) is 19.7 Å². The molecule has 1 aromatic heterocycles. The Morgan fingerprint density at radius 3 is 2.82 bits per heavy atom. The van der Waals surface area contributed by atoms with Gasteiger partial charge in [0.05, 0.1) is 15.9 Å². The van der Waals surface area contributed by atoms with Crippen LogP contribution >= 0.6 is 11.8 Å². The number of aromatic nitrogens is 3. The predicted molar refractivity (Wildman–Crippen MR) is 58.2 cm³/mol. The van der Waals surface area contributed by atoms with Crippen molar-refractivity contribution in [2.75, 3.05) is 0 Å². The molecule has 0 unspecified atom stereocenters. The first kappa shape index (κ1) is 11.5. The monoisotopic (exact) mass is 254 g/mol. The number of benzene rings is 1. The van der Waals surface area contributed by atoms with Gasteiger partial charge in [0, 0.05) is 13.1 Å². The van der Waals surface area contributed by atoms with Gasteiger partial charge in [0.15, 0.2) is 5.16 Å². The molecule has 1 heterocycles. The minimum atomic E-state index is -0.646. The van der Waals surface area contributed by atoms with Gasteiger partial charge < -0.3 is 4.57 Å². The number of rotatable bonds is 3. The third-order valence-corrected chi connectivity index (χ3v) is 3.10. The lowest BCUT2D eigenvalue weighted by molar-refractivity contribution is -0.385. The minimum absolute atomic E-state index is 0.270. The molecule has 0 spiro atoms. The highest BCUT2D eigenvalue weighted by Crippen LogP contribution is 2.29. The zero-order valence-electron chi connectivity index (χ0n) is 8.70. The fourth-order valence-corrected chi connectivity index (χ4v) is 1.92. The summed E-state index contributed by atoms with van der Waals surface area (Å²) < 4.78 is 15.2. The maximum atomic E-state index is 13.6. The van der Waals surface area contributed by atoms with Crippen molar-refractivity contribution in [1.29, 1.82) is 0 Å². The van der Waals surface area contributed by atoms with E-state index in [9.17, 15) is 14.5 Å². The van der Waals surface area contributed by atoms with E-state index >= 15 is 0 Å². The molecule has 8 heteroatoms. The molecule has 88 valence electrons.